The van der Waals surface area contributed by atoms with E-state index in [1.165, 1.54) is 12.5 Å². The average Bonchev–Trinajstić information content (AvgIpc) is 3.19. The van der Waals surface area contributed by atoms with Crippen LogP contribution in [-0.4, -0.2) is 28.2 Å². The van der Waals surface area contributed by atoms with Crippen molar-refractivity contribution in [3.8, 4) is 5.75 Å². The fourth-order valence-corrected chi connectivity index (χ4v) is 3.77. The molecule has 34 heavy (non-hydrogen) atoms. The monoisotopic (exact) mass is 462 g/mol. The second-order valence-corrected chi connectivity index (χ2v) is 9.30. The van der Waals surface area contributed by atoms with Crippen LogP contribution >= 0.6 is 0 Å². The topological polar surface area (TPSA) is 85.2 Å². The fraction of sp³-hybridized carbons (Fsp3) is 0.370. The van der Waals surface area contributed by atoms with Crippen LogP contribution in [0.5, 0.6) is 5.75 Å². The maximum absolute atomic E-state index is 13.0. The molecule has 0 bridgehead atoms. The Labute approximate surface area is 201 Å². The van der Waals surface area contributed by atoms with Gasteiger partial charge in [-0.05, 0) is 29.5 Å². The van der Waals surface area contributed by atoms with E-state index in [-0.39, 0.29) is 23.7 Å². The van der Waals surface area contributed by atoms with Gasteiger partial charge in [0, 0.05) is 18.6 Å². The van der Waals surface area contributed by atoms with E-state index in [4.69, 9.17) is 4.74 Å². The van der Waals surface area contributed by atoms with E-state index in [9.17, 15) is 9.59 Å². The molecule has 0 aliphatic heterocycles. The Kier molecular flexibility index (Phi) is 8.10. The number of anilines is 1. The van der Waals surface area contributed by atoms with Crippen molar-refractivity contribution in [3.05, 3.63) is 77.5 Å². The van der Waals surface area contributed by atoms with Crippen molar-refractivity contribution in [2.24, 2.45) is 0 Å². The van der Waals surface area contributed by atoms with Gasteiger partial charge in [-0.3, -0.25) is 9.59 Å². The molecule has 0 radical (unpaired) electrons. The molecule has 1 unspecified atom stereocenters. The molecule has 7 nitrogen and oxygen atoms in total. The van der Waals surface area contributed by atoms with E-state index in [2.05, 4.69) is 60.8 Å². The van der Waals surface area contributed by atoms with Crippen LogP contribution in [0, 0.1) is 0 Å². The van der Waals surface area contributed by atoms with Gasteiger partial charge in [-0.2, -0.15) is 5.10 Å². The van der Waals surface area contributed by atoms with E-state index >= 15 is 0 Å². The summed E-state index contributed by atoms with van der Waals surface area (Å²) in [6.45, 7) is 10.9. The van der Waals surface area contributed by atoms with Crippen molar-refractivity contribution < 1.29 is 14.3 Å². The number of ether oxygens (including phenoxy) is 1. The summed E-state index contributed by atoms with van der Waals surface area (Å²) < 4.78 is 7.46. The molecule has 2 aromatic carbocycles. The maximum atomic E-state index is 13.0. The van der Waals surface area contributed by atoms with Gasteiger partial charge in [0.1, 0.15) is 11.6 Å². The summed E-state index contributed by atoms with van der Waals surface area (Å²) in [7, 11) is 0. The maximum Gasteiger partial charge on any atom is 0.227 e. The number of carbonyl (C=O) groups is 2. The molecule has 0 aliphatic rings. The van der Waals surface area contributed by atoms with Crippen molar-refractivity contribution >= 4 is 17.6 Å². The highest BCUT2D eigenvalue weighted by atomic mass is 16.5. The van der Waals surface area contributed by atoms with E-state index in [1.807, 2.05) is 31.2 Å². The third kappa shape index (κ3) is 6.70. The number of nitrogens with one attached hydrogen (secondary N) is 2. The first kappa shape index (κ1) is 25.0. The SMILES string of the molecule is CCOc1ccccc1C(CC(=O)Nc1ccnn1Cc1ccc(C(C)(C)C)cc1)NC(C)=O. The lowest BCUT2D eigenvalue weighted by molar-refractivity contribution is -0.120. The molecule has 7 heteroatoms. The van der Waals surface area contributed by atoms with Gasteiger partial charge >= 0.3 is 0 Å². The van der Waals surface area contributed by atoms with Crippen LogP contribution in [0.25, 0.3) is 0 Å². The normalized spacial score (nSPS) is 12.1. The number of para-hydroxylation sites is 1. The summed E-state index contributed by atoms with van der Waals surface area (Å²) in [5, 5.41) is 10.2. The molecule has 2 amide bonds. The molecule has 0 aliphatic carbocycles. The first-order chi connectivity index (χ1) is 16.2. The van der Waals surface area contributed by atoms with Gasteiger partial charge < -0.3 is 15.4 Å². The quantitative estimate of drug-likeness (QED) is 0.477. The Morgan fingerprint density at radius 1 is 1.06 bits per heavy atom. The number of nitrogens with zero attached hydrogens (tertiary/aromatic N) is 2. The fourth-order valence-electron chi connectivity index (χ4n) is 3.77. The standard InChI is InChI=1S/C27H34N4O3/c1-6-34-24-10-8-7-9-22(24)23(29-19(2)32)17-26(33)30-25-15-16-28-31(25)18-20-11-13-21(14-12-20)27(3,4)5/h7-16,23H,6,17-18H2,1-5H3,(H,29,32)(H,30,33). The Bertz CT molecular complexity index is 1110. The summed E-state index contributed by atoms with van der Waals surface area (Å²) in [5.74, 6) is 0.813. The van der Waals surface area contributed by atoms with Crippen LogP contribution in [0.15, 0.2) is 60.8 Å². The molecule has 3 aromatic rings. The van der Waals surface area contributed by atoms with Crippen LogP contribution in [-0.2, 0) is 21.5 Å². The molecule has 0 fully saturated rings. The second-order valence-electron chi connectivity index (χ2n) is 9.30. The molecule has 1 aromatic heterocycles. The lowest BCUT2D eigenvalue weighted by Crippen LogP contribution is -2.30. The lowest BCUT2D eigenvalue weighted by atomic mass is 9.87. The van der Waals surface area contributed by atoms with Crippen molar-refractivity contribution in [2.45, 2.75) is 59.0 Å². The number of aromatic nitrogens is 2. The molecule has 3 rings (SSSR count). The van der Waals surface area contributed by atoms with Crippen LogP contribution in [0.4, 0.5) is 5.82 Å². The molecule has 1 heterocycles. The van der Waals surface area contributed by atoms with Crippen LogP contribution in [0.3, 0.4) is 0 Å². The molecule has 180 valence electrons. The second kappa shape index (κ2) is 11.0. The largest absolute Gasteiger partial charge is 0.494 e. The van der Waals surface area contributed by atoms with Gasteiger partial charge in [0.2, 0.25) is 11.8 Å². The molecule has 1 atom stereocenters. The predicted octanol–water partition coefficient (Wildman–Crippen LogP) is 4.83. The summed E-state index contributed by atoms with van der Waals surface area (Å²) in [5.41, 5.74) is 3.21. The number of benzene rings is 2. The number of hydrogen-bond donors (Lipinski definition) is 2. The van der Waals surface area contributed by atoms with Crippen LogP contribution in [0.2, 0.25) is 0 Å². The zero-order valence-corrected chi connectivity index (χ0v) is 20.6. The smallest absolute Gasteiger partial charge is 0.227 e. The van der Waals surface area contributed by atoms with E-state index < -0.39 is 6.04 Å². The minimum Gasteiger partial charge on any atom is -0.494 e. The number of hydrogen-bond acceptors (Lipinski definition) is 4. The predicted molar refractivity (Wildman–Crippen MR) is 134 cm³/mol. The summed E-state index contributed by atoms with van der Waals surface area (Å²) in [4.78, 5) is 24.8. The lowest BCUT2D eigenvalue weighted by Gasteiger charge is -2.21. The van der Waals surface area contributed by atoms with Crippen LogP contribution < -0.4 is 15.4 Å². The Morgan fingerprint density at radius 3 is 2.41 bits per heavy atom. The minimum absolute atomic E-state index is 0.0646. The first-order valence-electron chi connectivity index (χ1n) is 11.6. The van der Waals surface area contributed by atoms with Gasteiger partial charge in [0.05, 0.1) is 31.8 Å². The Morgan fingerprint density at radius 2 is 1.76 bits per heavy atom. The third-order valence-corrected chi connectivity index (χ3v) is 5.50. The van der Waals surface area contributed by atoms with E-state index in [0.717, 1.165) is 11.1 Å². The number of amides is 2. The summed E-state index contributed by atoms with van der Waals surface area (Å²) in [6, 6.07) is 17.1. The molecule has 2 N–H and O–H groups in total. The van der Waals surface area contributed by atoms with Gasteiger partial charge in [-0.15, -0.1) is 0 Å². The van der Waals surface area contributed by atoms with Gasteiger partial charge in [-0.1, -0.05) is 63.2 Å². The minimum atomic E-state index is -0.512. The highest BCUT2D eigenvalue weighted by Crippen LogP contribution is 2.28. The first-order valence-corrected chi connectivity index (χ1v) is 11.6. The average molecular weight is 463 g/mol. The molecule has 0 spiro atoms. The van der Waals surface area contributed by atoms with Crippen LogP contribution in [0.1, 0.15) is 63.8 Å². The van der Waals surface area contributed by atoms with Crippen molar-refractivity contribution in [2.75, 3.05) is 11.9 Å². The molecular weight excluding hydrogens is 428 g/mol. The third-order valence-electron chi connectivity index (χ3n) is 5.50. The van der Waals surface area contributed by atoms with Crippen molar-refractivity contribution in [3.63, 3.8) is 0 Å². The van der Waals surface area contributed by atoms with Crippen molar-refractivity contribution in [1.29, 1.82) is 0 Å². The molecular formula is C27H34N4O3. The highest BCUT2D eigenvalue weighted by molar-refractivity contribution is 5.91. The number of rotatable bonds is 9. The zero-order chi connectivity index (χ0) is 24.7. The molecule has 0 saturated heterocycles. The van der Waals surface area contributed by atoms with Gasteiger partial charge in [0.15, 0.2) is 0 Å². The Hall–Kier alpha value is -3.61. The van der Waals surface area contributed by atoms with Gasteiger partial charge in [0.25, 0.3) is 0 Å². The van der Waals surface area contributed by atoms with Gasteiger partial charge in [-0.25, -0.2) is 4.68 Å². The van der Waals surface area contributed by atoms with E-state index in [0.29, 0.717) is 24.7 Å². The number of carbonyl (C=O) groups excluding carboxylic acids is 2. The summed E-state index contributed by atoms with van der Waals surface area (Å²) in [6.07, 6.45) is 1.73. The van der Waals surface area contributed by atoms with E-state index in [1.54, 1.807) is 16.9 Å². The Balaban J connectivity index is 1.72. The molecule has 0 saturated carbocycles. The van der Waals surface area contributed by atoms with Crippen molar-refractivity contribution in [1.82, 2.24) is 15.1 Å². The summed E-state index contributed by atoms with van der Waals surface area (Å²) >= 11 is 0. The highest BCUT2D eigenvalue weighted by Gasteiger charge is 2.21. The zero-order valence-electron chi connectivity index (χ0n) is 20.6.